The van der Waals surface area contributed by atoms with Gasteiger partial charge >= 0.3 is 0 Å². The highest BCUT2D eigenvalue weighted by atomic mass is 32.1. The van der Waals surface area contributed by atoms with E-state index in [0.29, 0.717) is 18.5 Å². The number of aromatic nitrogens is 2. The van der Waals surface area contributed by atoms with Gasteiger partial charge in [-0.05, 0) is 29.1 Å². The standard InChI is InChI=1S/C17H17N3O3S/c1-23-13-4-2-12(3-5-13)10-18-15(21)6-8-20-11-19-16-14(17(20)22)7-9-24-16/h2-5,7,9,11H,6,8,10H2,1H3,(H,18,21). The number of nitrogens with zero attached hydrogens (tertiary/aromatic N) is 2. The highest BCUT2D eigenvalue weighted by Gasteiger charge is 2.07. The van der Waals surface area contributed by atoms with Gasteiger partial charge in [-0.2, -0.15) is 0 Å². The number of carbonyl (C=O) groups is 1. The van der Waals surface area contributed by atoms with E-state index < -0.39 is 0 Å². The molecule has 1 N–H and O–H groups in total. The average Bonchev–Trinajstić information content (AvgIpc) is 3.09. The summed E-state index contributed by atoms with van der Waals surface area (Å²) in [5.74, 6) is 0.670. The zero-order valence-corrected chi connectivity index (χ0v) is 14.0. The van der Waals surface area contributed by atoms with Crippen LogP contribution in [0.4, 0.5) is 0 Å². The van der Waals surface area contributed by atoms with E-state index in [4.69, 9.17) is 4.74 Å². The number of benzene rings is 1. The van der Waals surface area contributed by atoms with Gasteiger partial charge in [-0.3, -0.25) is 14.2 Å². The molecule has 1 aromatic carbocycles. The van der Waals surface area contributed by atoms with Gasteiger partial charge in [0.2, 0.25) is 5.91 Å². The molecule has 3 aromatic rings. The Morgan fingerprint density at radius 1 is 1.29 bits per heavy atom. The number of ether oxygens (including phenoxy) is 1. The molecule has 0 saturated carbocycles. The normalized spacial score (nSPS) is 10.7. The van der Waals surface area contributed by atoms with Gasteiger partial charge in [0.25, 0.3) is 5.56 Å². The van der Waals surface area contributed by atoms with E-state index in [0.717, 1.165) is 16.1 Å². The number of thiophene rings is 1. The first kappa shape index (κ1) is 16.2. The Morgan fingerprint density at radius 2 is 2.08 bits per heavy atom. The summed E-state index contributed by atoms with van der Waals surface area (Å²) in [5, 5.41) is 5.28. The van der Waals surface area contributed by atoms with Crippen LogP contribution in [-0.4, -0.2) is 22.6 Å². The molecular formula is C17H17N3O3S. The predicted molar refractivity (Wildman–Crippen MR) is 93.3 cm³/mol. The summed E-state index contributed by atoms with van der Waals surface area (Å²) >= 11 is 1.43. The van der Waals surface area contributed by atoms with Crippen LogP contribution in [0.2, 0.25) is 0 Å². The van der Waals surface area contributed by atoms with E-state index in [2.05, 4.69) is 10.3 Å². The molecule has 0 spiro atoms. The zero-order valence-electron chi connectivity index (χ0n) is 13.2. The Bertz CT molecular complexity index is 899. The van der Waals surface area contributed by atoms with Crippen molar-refractivity contribution in [3.8, 4) is 5.75 Å². The maximum Gasteiger partial charge on any atom is 0.262 e. The van der Waals surface area contributed by atoms with Gasteiger partial charge < -0.3 is 10.1 Å². The molecule has 24 heavy (non-hydrogen) atoms. The van der Waals surface area contributed by atoms with Crippen molar-refractivity contribution in [2.45, 2.75) is 19.5 Å². The van der Waals surface area contributed by atoms with Crippen molar-refractivity contribution in [2.75, 3.05) is 7.11 Å². The lowest BCUT2D eigenvalue weighted by Gasteiger charge is -2.07. The number of methoxy groups -OCH3 is 1. The number of rotatable bonds is 6. The predicted octanol–water partition coefficient (Wildman–Crippen LogP) is 2.17. The monoisotopic (exact) mass is 343 g/mol. The van der Waals surface area contributed by atoms with Crippen molar-refractivity contribution in [1.29, 1.82) is 0 Å². The van der Waals surface area contributed by atoms with Crippen LogP contribution in [0.3, 0.4) is 0 Å². The van der Waals surface area contributed by atoms with Gasteiger partial charge in [0.15, 0.2) is 0 Å². The highest BCUT2D eigenvalue weighted by Crippen LogP contribution is 2.13. The number of amides is 1. The molecule has 0 aliphatic heterocycles. The van der Waals surface area contributed by atoms with Crippen molar-refractivity contribution >= 4 is 27.5 Å². The zero-order chi connectivity index (χ0) is 16.9. The summed E-state index contributed by atoms with van der Waals surface area (Å²) in [4.78, 5) is 29.1. The smallest absolute Gasteiger partial charge is 0.262 e. The van der Waals surface area contributed by atoms with Gasteiger partial charge in [0, 0.05) is 19.5 Å². The lowest BCUT2D eigenvalue weighted by Crippen LogP contribution is -2.27. The van der Waals surface area contributed by atoms with Gasteiger partial charge in [0.1, 0.15) is 10.6 Å². The van der Waals surface area contributed by atoms with Crippen molar-refractivity contribution in [2.24, 2.45) is 0 Å². The second-order valence-corrected chi connectivity index (χ2v) is 6.15. The second-order valence-electron chi connectivity index (χ2n) is 5.26. The third-order valence-electron chi connectivity index (χ3n) is 3.68. The first-order valence-corrected chi connectivity index (χ1v) is 8.37. The van der Waals surface area contributed by atoms with Gasteiger partial charge in [-0.25, -0.2) is 4.98 Å². The molecule has 2 aromatic heterocycles. The van der Waals surface area contributed by atoms with Crippen molar-refractivity contribution in [1.82, 2.24) is 14.9 Å². The molecule has 0 unspecified atom stereocenters. The summed E-state index contributed by atoms with van der Waals surface area (Å²) in [7, 11) is 1.61. The third-order valence-corrected chi connectivity index (χ3v) is 4.50. The van der Waals surface area contributed by atoms with E-state index in [1.807, 2.05) is 29.6 Å². The number of aryl methyl sites for hydroxylation is 1. The Balaban J connectivity index is 1.54. The molecule has 124 valence electrons. The fourth-order valence-corrected chi connectivity index (χ4v) is 3.03. The molecule has 0 bridgehead atoms. The summed E-state index contributed by atoms with van der Waals surface area (Å²) in [5.41, 5.74) is 0.881. The third kappa shape index (κ3) is 3.62. The first-order chi connectivity index (χ1) is 11.7. The summed E-state index contributed by atoms with van der Waals surface area (Å²) in [6, 6.07) is 9.26. The quantitative estimate of drug-likeness (QED) is 0.744. The first-order valence-electron chi connectivity index (χ1n) is 7.49. The van der Waals surface area contributed by atoms with Gasteiger partial charge in [0.05, 0.1) is 18.8 Å². The van der Waals surface area contributed by atoms with E-state index >= 15 is 0 Å². The van der Waals surface area contributed by atoms with E-state index in [-0.39, 0.29) is 17.9 Å². The summed E-state index contributed by atoms with van der Waals surface area (Å²) in [6.45, 7) is 0.756. The van der Waals surface area contributed by atoms with E-state index in [9.17, 15) is 9.59 Å². The van der Waals surface area contributed by atoms with Crippen LogP contribution in [0.5, 0.6) is 5.75 Å². The Hall–Kier alpha value is -2.67. The van der Waals surface area contributed by atoms with Gasteiger partial charge in [-0.1, -0.05) is 12.1 Å². The SMILES string of the molecule is COc1ccc(CNC(=O)CCn2cnc3sccc3c2=O)cc1. The lowest BCUT2D eigenvalue weighted by molar-refractivity contribution is -0.121. The Morgan fingerprint density at radius 3 is 2.83 bits per heavy atom. The molecule has 1 amide bonds. The van der Waals surface area contributed by atoms with Crippen LogP contribution in [-0.2, 0) is 17.9 Å². The summed E-state index contributed by atoms with van der Waals surface area (Å²) < 4.78 is 6.57. The van der Waals surface area contributed by atoms with Crippen LogP contribution < -0.4 is 15.6 Å². The molecule has 6 nitrogen and oxygen atoms in total. The highest BCUT2D eigenvalue weighted by molar-refractivity contribution is 7.16. The van der Waals surface area contributed by atoms with Crippen LogP contribution in [0.15, 0.2) is 46.8 Å². The van der Waals surface area contributed by atoms with E-state index in [1.165, 1.54) is 22.2 Å². The number of carbonyl (C=O) groups excluding carboxylic acids is 1. The van der Waals surface area contributed by atoms with Crippen LogP contribution >= 0.6 is 11.3 Å². The average molecular weight is 343 g/mol. The van der Waals surface area contributed by atoms with Crippen LogP contribution in [0.25, 0.3) is 10.2 Å². The molecule has 0 saturated heterocycles. The fraction of sp³-hybridized carbons (Fsp3) is 0.235. The fourth-order valence-electron chi connectivity index (χ4n) is 2.31. The number of hydrogen-bond acceptors (Lipinski definition) is 5. The minimum atomic E-state index is -0.108. The molecule has 7 heteroatoms. The lowest BCUT2D eigenvalue weighted by atomic mass is 10.2. The minimum Gasteiger partial charge on any atom is -0.497 e. The van der Waals surface area contributed by atoms with Crippen LogP contribution in [0, 0.1) is 0 Å². The molecule has 0 aliphatic rings. The Labute approximate surface area is 142 Å². The van der Waals surface area contributed by atoms with Crippen LogP contribution in [0.1, 0.15) is 12.0 Å². The van der Waals surface area contributed by atoms with Crippen molar-refractivity contribution < 1.29 is 9.53 Å². The van der Waals surface area contributed by atoms with Gasteiger partial charge in [-0.15, -0.1) is 11.3 Å². The Kier molecular flexibility index (Phi) is 4.90. The van der Waals surface area contributed by atoms with Crippen molar-refractivity contribution in [3.63, 3.8) is 0 Å². The summed E-state index contributed by atoms with van der Waals surface area (Å²) in [6.07, 6.45) is 1.73. The molecule has 0 atom stereocenters. The topological polar surface area (TPSA) is 73.2 Å². The molecule has 0 radical (unpaired) electrons. The second kappa shape index (κ2) is 7.27. The number of hydrogen-bond donors (Lipinski definition) is 1. The largest absolute Gasteiger partial charge is 0.497 e. The molecule has 3 rings (SSSR count). The molecule has 2 heterocycles. The minimum absolute atomic E-state index is 0.107. The molecule has 0 aliphatic carbocycles. The molecular weight excluding hydrogens is 326 g/mol. The molecule has 0 fully saturated rings. The van der Waals surface area contributed by atoms with Crippen molar-refractivity contribution in [3.05, 3.63) is 58.0 Å². The number of fused-ring (bicyclic) bond motifs is 1. The number of nitrogens with one attached hydrogen (secondary N) is 1. The maximum atomic E-state index is 12.2. The van der Waals surface area contributed by atoms with E-state index in [1.54, 1.807) is 13.2 Å². The maximum absolute atomic E-state index is 12.2.